The maximum absolute atomic E-state index is 12.3. The number of carbonyl (C=O) groups excluding carboxylic acids is 1. The van der Waals surface area contributed by atoms with Gasteiger partial charge in [0, 0.05) is 12.8 Å². The number of carbonyl (C=O) groups is 1. The van der Waals surface area contributed by atoms with Crippen LogP contribution in [-0.2, 0) is 34.1 Å². The summed E-state index contributed by atoms with van der Waals surface area (Å²) in [5.41, 5.74) is 2.23. The van der Waals surface area contributed by atoms with Crippen LogP contribution < -0.4 is 4.72 Å². The molecule has 3 rings (SSSR count). The summed E-state index contributed by atoms with van der Waals surface area (Å²) in [6.45, 7) is 1.67. The molecule has 1 aliphatic rings. The van der Waals surface area contributed by atoms with Crippen molar-refractivity contribution in [3.8, 4) is 0 Å². The molecule has 0 saturated carbocycles. The standard InChI is InChI=1S/C15H17N3O4S/c1-10-16-15(22-17-10)8-7-14(19)18-23(20,21)13-6-5-11-3-2-4-12(11)9-13/h5-6,9H,2-4,7-8H2,1H3,(H,18,19). The second-order valence-corrected chi connectivity index (χ2v) is 7.23. The van der Waals surface area contributed by atoms with Crippen molar-refractivity contribution in [1.82, 2.24) is 14.9 Å². The fourth-order valence-electron chi connectivity index (χ4n) is 2.64. The first-order valence-electron chi connectivity index (χ1n) is 7.41. The van der Waals surface area contributed by atoms with E-state index in [9.17, 15) is 13.2 Å². The SMILES string of the molecule is Cc1noc(CCC(=O)NS(=O)(=O)c2ccc3c(c2)CCC3)n1. The second-order valence-electron chi connectivity index (χ2n) is 5.55. The van der Waals surface area contributed by atoms with E-state index in [1.165, 1.54) is 5.56 Å². The molecule has 1 N–H and O–H groups in total. The number of amides is 1. The lowest BCUT2D eigenvalue weighted by Gasteiger charge is -2.08. The molecule has 122 valence electrons. The first kappa shape index (κ1) is 15.7. The number of aryl methyl sites for hydroxylation is 4. The molecular formula is C15H17N3O4S. The summed E-state index contributed by atoms with van der Waals surface area (Å²) in [5, 5.41) is 3.61. The molecule has 1 aromatic carbocycles. The minimum absolute atomic E-state index is 0.0359. The average Bonchev–Trinajstić information content (AvgIpc) is 3.12. The zero-order valence-corrected chi connectivity index (χ0v) is 13.5. The Morgan fingerprint density at radius 1 is 1.30 bits per heavy atom. The number of benzene rings is 1. The van der Waals surface area contributed by atoms with Crippen molar-refractivity contribution >= 4 is 15.9 Å². The van der Waals surface area contributed by atoms with Gasteiger partial charge in [-0.05, 0) is 49.4 Å². The Morgan fingerprint density at radius 2 is 2.09 bits per heavy atom. The first-order chi connectivity index (χ1) is 10.9. The topological polar surface area (TPSA) is 102 Å². The predicted octanol–water partition coefficient (Wildman–Crippen LogP) is 1.30. The summed E-state index contributed by atoms with van der Waals surface area (Å²) in [6.07, 6.45) is 3.06. The van der Waals surface area contributed by atoms with E-state index in [1.54, 1.807) is 19.1 Å². The van der Waals surface area contributed by atoms with Crippen LogP contribution in [0.1, 0.15) is 35.7 Å². The van der Waals surface area contributed by atoms with Gasteiger partial charge in [0.1, 0.15) is 0 Å². The monoisotopic (exact) mass is 335 g/mol. The molecule has 0 bridgehead atoms. The fraction of sp³-hybridized carbons (Fsp3) is 0.400. The van der Waals surface area contributed by atoms with Crippen LogP contribution in [0.25, 0.3) is 0 Å². The van der Waals surface area contributed by atoms with Crippen LogP contribution in [-0.4, -0.2) is 24.5 Å². The summed E-state index contributed by atoms with van der Waals surface area (Å²) in [6, 6.07) is 5.02. The highest BCUT2D eigenvalue weighted by atomic mass is 32.2. The molecule has 1 aliphatic carbocycles. The lowest BCUT2D eigenvalue weighted by molar-refractivity contribution is -0.119. The summed E-state index contributed by atoms with van der Waals surface area (Å²) < 4.78 is 31.5. The molecule has 2 aromatic rings. The number of hydrogen-bond donors (Lipinski definition) is 1. The number of nitrogens with zero attached hydrogens (tertiary/aromatic N) is 2. The van der Waals surface area contributed by atoms with Crippen LogP contribution in [0.2, 0.25) is 0 Å². The van der Waals surface area contributed by atoms with Crippen LogP contribution in [0.3, 0.4) is 0 Å². The molecule has 1 aromatic heterocycles. The van der Waals surface area contributed by atoms with Gasteiger partial charge in [0.25, 0.3) is 10.0 Å². The van der Waals surface area contributed by atoms with Gasteiger partial charge in [-0.1, -0.05) is 11.2 Å². The summed E-state index contributed by atoms with van der Waals surface area (Å²) in [7, 11) is -3.85. The number of rotatable bonds is 5. The van der Waals surface area contributed by atoms with E-state index in [2.05, 4.69) is 14.9 Å². The van der Waals surface area contributed by atoms with Crippen LogP contribution >= 0.6 is 0 Å². The largest absolute Gasteiger partial charge is 0.339 e. The van der Waals surface area contributed by atoms with Gasteiger partial charge >= 0.3 is 0 Å². The zero-order chi connectivity index (χ0) is 16.4. The highest BCUT2D eigenvalue weighted by molar-refractivity contribution is 7.90. The van der Waals surface area contributed by atoms with E-state index < -0.39 is 15.9 Å². The summed E-state index contributed by atoms with van der Waals surface area (Å²) in [5.74, 6) is 0.195. The minimum Gasteiger partial charge on any atom is -0.339 e. The van der Waals surface area contributed by atoms with E-state index in [4.69, 9.17) is 4.52 Å². The van der Waals surface area contributed by atoms with Crippen LogP contribution in [0.5, 0.6) is 0 Å². The van der Waals surface area contributed by atoms with Gasteiger partial charge in [-0.15, -0.1) is 0 Å². The number of aromatic nitrogens is 2. The molecule has 23 heavy (non-hydrogen) atoms. The molecular weight excluding hydrogens is 318 g/mol. The van der Waals surface area contributed by atoms with E-state index >= 15 is 0 Å². The van der Waals surface area contributed by atoms with Gasteiger partial charge in [-0.3, -0.25) is 4.79 Å². The number of nitrogens with one attached hydrogen (secondary N) is 1. The van der Waals surface area contributed by atoms with Gasteiger partial charge in [-0.25, -0.2) is 13.1 Å². The molecule has 0 saturated heterocycles. The molecule has 0 radical (unpaired) electrons. The van der Waals surface area contributed by atoms with Gasteiger partial charge in [0.15, 0.2) is 5.82 Å². The highest BCUT2D eigenvalue weighted by Crippen LogP contribution is 2.24. The Morgan fingerprint density at radius 3 is 2.83 bits per heavy atom. The molecule has 0 spiro atoms. The Hall–Kier alpha value is -2.22. The molecule has 7 nitrogen and oxygen atoms in total. The number of hydrogen-bond acceptors (Lipinski definition) is 6. The number of fused-ring (bicyclic) bond motifs is 1. The Labute approximate surface area is 134 Å². The average molecular weight is 335 g/mol. The van der Waals surface area contributed by atoms with Crippen LogP contribution in [0.4, 0.5) is 0 Å². The smallest absolute Gasteiger partial charge is 0.264 e. The van der Waals surface area contributed by atoms with Crippen molar-refractivity contribution in [2.45, 2.75) is 43.9 Å². The first-order valence-corrected chi connectivity index (χ1v) is 8.89. The van der Waals surface area contributed by atoms with E-state index in [0.29, 0.717) is 11.7 Å². The Bertz CT molecular complexity index is 842. The maximum atomic E-state index is 12.3. The van der Waals surface area contributed by atoms with Gasteiger partial charge in [0.05, 0.1) is 4.90 Å². The summed E-state index contributed by atoms with van der Waals surface area (Å²) in [4.78, 5) is 16.0. The maximum Gasteiger partial charge on any atom is 0.264 e. The van der Waals surface area contributed by atoms with Crippen molar-refractivity contribution < 1.29 is 17.7 Å². The van der Waals surface area contributed by atoms with E-state index in [-0.39, 0.29) is 17.7 Å². The Kier molecular flexibility index (Phi) is 4.16. The van der Waals surface area contributed by atoms with Crippen molar-refractivity contribution in [3.05, 3.63) is 41.0 Å². The normalized spacial score (nSPS) is 13.8. The zero-order valence-electron chi connectivity index (χ0n) is 12.7. The van der Waals surface area contributed by atoms with Crippen molar-refractivity contribution in [1.29, 1.82) is 0 Å². The van der Waals surface area contributed by atoms with Gasteiger partial charge < -0.3 is 4.52 Å². The van der Waals surface area contributed by atoms with Crippen LogP contribution in [0, 0.1) is 6.92 Å². The van der Waals surface area contributed by atoms with Gasteiger partial charge in [0.2, 0.25) is 11.8 Å². The summed E-state index contributed by atoms with van der Waals surface area (Å²) >= 11 is 0. The van der Waals surface area contributed by atoms with E-state index in [0.717, 1.165) is 24.8 Å². The van der Waals surface area contributed by atoms with E-state index in [1.807, 2.05) is 6.07 Å². The second kappa shape index (κ2) is 6.11. The molecule has 0 atom stereocenters. The highest BCUT2D eigenvalue weighted by Gasteiger charge is 2.21. The lowest BCUT2D eigenvalue weighted by atomic mass is 10.1. The van der Waals surface area contributed by atoms with Crippen molar-refractivity contribution in [2.24, 2.45) is 0 Å². The van der Waals surface area contributed by atoms with Crippen molar-refractivity contribution in [2.75, 3.05) is 0 Å². The van der Waals surface area contributed by atoms with Crippen LogP contribution in [0.15, 0.2) is 27.6 Å². The molecule has 0 fully saturated rings. The van der Waals surface area contributed by atoms with Crippen molar-refractivity contribution in [3.63, 3.8) is 0 Å². The third-order valence-corrected chi connectivity index (χ3v) is 5.13. The fourth-order valence-corrected chi connectivity index (χ4v) is 3.70. The minimum atomic E-state index is -3.85. The Balaban J connectivity index is 1.64. The molecule has 0 unspecified atom stereocenters. The van der Waals surface area contributed by atoms with Gasteiger partial charge in [-0.2, -0.15) is 4.98 Å². The lowest BCUT2D eigenvalue weighted by Crippen LogP contribution is -2.30. The quantitative estimate of drug-likeness (QED) is 0.884. The third-order valence-electron chi connectivity index (χ3n) is 3.76. The number of sulfonamides is 1. The predicted molar refractivity (Wildman–Crippen MR) is 81.2 cm³/mol. The molecule has 1 heterocycles. The molecule has 8 heteroatoms. The molecule has 1 amide bonds. The third kappa shape index (κ3) is 3.58. The molecule has 0 aliphatic heterocycles.